The summed E-state index contributed by atoms with van der Waals surface area (Å²) in [7, 11) is -3.40. The van der Waals surface area contributed by atoms with Crippen molar-refractivity contribution in [2.45, 2.75) is 55.2 Å². The van der Waals surface area contributed by atoms with Crippen LogP contribution in [-0.4, -0.2) is 25.3 Å². The summed E-state index contributed by atoms with van der Waals surface area (Å²) in [5.74, 6) is 0.537. The second-order valence-corrected chi connectivity index (χ2v) is 10.8. The predicted octanol–water partition coefficient (Wildman–Crippen LogP) is 4.90. The largest absolute Gasteiger partial charge is 0.252 e. The summed E-state index contributed by atoms with van der Waals surface area (Å²) >= 11 is 10.5. The van der Waals surface area contributed by atoms with E-state index >= 15 is 0 Å². The molecule has 3 rings (SSSR count). The third-order valence-corrected chi connectivity index (χ3v) is 9.48. The summed E-state index contributed by atoms with van der Waals surface area (Å²) < 4.78 is 28.6. The highest BCUT2D eigenvalue weighted by Gasteiger charge is 2.40. The van der Waals surface area contributed by atoms with Crippen LogP contribution in [0, 0.1) is 5.92 Å². The van der Waals surface area contributed by atoms with Gasteiger partial charge in [0, 0.05) is 12.6 Å². The third-order valence-electron chi connectivity index (χ3n) is 4.63. The van der Waals surface area contributed by atoms with E-state index in [4.69, 9.17) is 11.6 Å². The molecule has 21 heavy (non-hydrogen) atoms. The zero-order valence-corrected chi connectivity index (χ0v) is 15.7. The first-order valence-corrected chi connectivity index (χ1v) is 10.9. The van der Waals surface area contributed by atoms with Crippen LogP contribution in [0.25, 0.3) is 0 Å². The summed E-state index contributed by atoms with van der Waals surface area (Å²) in [5, 5.41) is 0.479. The number of rotatable bonds is 3. The van der Waals surface area contributed by atoms with Crippen molar-refractivity contribution in [1.82, 2.24) is 4.31 Å². The zero-order chi connectivity index (χ0) is 15.0. The highest BCUT2D eigenvalue weighted by molar-refractivity contribution is 9.11. The van der Waals surface area contributed by atoms with E-state index in [0.29, 0.717) is 25.5 Å². The molecule has 2 aliphatic rings. The maximum atomic E-state index is 12.9. The molecule has 1 unspecified atom stereocenters. The number of sulfonamides is 1. The Balaban J connectivity index is 1.86. The maximum Gasteiger partial charge on any atom is 0.252 e. The van der Waals surface area contributed by atoms with Gasteiger partial charge in [0.15, 0.2) is 0 Å². The van der Waals surface area contributed by atoms with Crippen LogP contribution in [-0.2, 0) is 10.0 Å². The van der Waals surface area contributed by atoms with Gasteiger partial charge in [-0.05, 0) is 53.6 Å². The Bertz CT molecular complexity index is 591. The van der Waals surface area contributed by atoms with E-state index in [1.165, 1.54) is 43.4 Å². The van der Waals surface area contributed by atoms with Gasteiger partial charge in [-0.3, -0.25) is 0 Å². The Morgan fingerprint density at radius 1 is 1.19 bits per heavy atom. The highest BCUT2D eigenvalue weighted by atomic mass is 79.9. The Kier molecular flexibility index (Phi) is 5.01. The minimum Gasteiger partial charge on any atom is -0.206 e. The van der Waals surface area contributed by atoms with E-state index in [-0.39, 0.29) is 6.04 Å². The monoisotopic (exact) mass is 411 g/mol. The predicted molar refractivity (Wildman–Crippen MR) is 90.5 cm³/mol. The average molecular weight is 413 g/mol. The Hall–Kier alpha value is 0.380. The van der Waals surface area contributed by atoms with Crippen LogP contribution >= 0.6 is 38.9 Å². The minimum atomic E-state index is -3.40. The smallest absolute Gasteiger partial charge is 0.206 e. The van der Waals surface area contributed by atoms with Crippen LogP contribution in [0.4, 0.5) is 0 Å². The summed E-state index contributed by atoms with van der Waals surface area (Å²) in [5.41, 5.74) is 0. The van der Waals surface area contributed by atoms with Gasteiger partial charge >= 0.3 is 0 Å². The average Bonchev–Trinajstić information content (AvgIpc) is 3.08. The molecule has 0 amide bonds. The van der Waals surface area contributed by atoms with Gasteiger partial charge in [-0.1, -0.05) is 30.9 Å². The first kappa shape index (κ1) is 16.2. The van der Waals surface area contributed by atoms with Crippen LogP contribution < -0.4 is 0 Å². The van der Waals surface area contributed by atoms with Crippen molar-refractivity contribution in [3.8, 4) is 0 Å². The molecule has 1 aromatic rings. The number of hydrogen-bond donors (Lipinski definition) is 0. The molecular formula is C14H19BrClNO2S2. The van der Waals surface area contributed by atoms with Gasteiger partial charge in [0.1, 0.15) is 4.21 Å². The van der Waals surface area contributed by atoms with E-state index in [1.54, 1.807) is 10.4 Å². The lowest BCUT2D eigenvalue weighted by Gasteiger charge is -2.33. The molecule has 1 atom stereocenters. The number of nitrogens with zero attached hydrogens (tertiary/aromatic N) is 1. The lowest BCUT2D eigenvalue weighted by atomic mass is 9.83. The van der Waals surface area contributed by atoms with E-state index < -0.39 is 10.0 Å². The molecule has 3 nitrogen and oxygen atoms in total. The molecule has 2 fully saturated rings. The Labute approximate surface area is 143 Å². The second-order valence-electron chi connectivity index (χ2n) is 5.91. The summed E-state index contributed by atoms with van der Waals surface area (Å²) in [6, 6.07) is 1.76. The molecule has 118 valence electrons. The second kappa shape index (κ2) is 6.48. The number of thiophene rings is 1. The van der Waals surface area contributed by atoms with Crippen molar-refractivity contribution in [1.29, 1.82) is 0 Å². The topological polar surface area (TPSA) is 37.4 Å². The van der Waals surface area contributed by atoms with Crippen LogP contribution in [0.1, 0.15) is 44.9 Å². The lowest BCUT2D eigenvalue weighted by Crippen LogP contribution is -2.40. The van der Waals surface area contributed by atoms with E-state index in [0.717, 1.165) is 12.8 Å². The van der Waals surface area contributed by atoms with Crippen molar-refractivity contribution in [2.75, 3.05) is 6.54 Å². The van der Waals surface area contributed by atoms with Crippen LogP contribution in [0.2, 0.25) is 5.02 Å². The van der Waals surface area contributed by atoms with Crippen molar-refractivity contribution >= 4 is 48.9 Å². The van der Waals surface area contributed by atoms with Gasteiger partial charge in [0.05, 0.1) is 8.81 Å². The molecule has 0 bridgehead atoms. The van der Waals surface area contributed by atoms with Crippen molar-refractivity contribution in [2.24, 2.45) is 5.92 Å². The van der Waals surface area contributed by atoms with E-state index in [2.05, 4.69) is 15.9 Å². The van der Waals surface area contributed by atoms with Crippen molar-refractivity contribution in [3.05, 3.63) is 14.9 Å². The summed E-state index contributed by atoms with van der Waals surface area (Å²) in [4.78, 5) is 0. The van der Waals surface area contributed by atoms with Gasteiger partial charge in [-0.15, -0.1) is 11.3 Å². The number of halogens is 2. The van der Waals surface area contributed by atoms with Crippen LogP contribution in [0.3, 0.4) is 0 Å². The Morgan fingerprint density at radius 2 is 1.90 bits per heavy atom. The molecule has 1 aliphatic carbocycles. The van der Waals surface area contributed by atoms with Crippen molar-refractivity contribution < 1.29 is 8.42 Å². The molecule has 1 aliphatic heterocycles. The van der Waals surface area contributed by atoms with Crippen LogP contribution in [0.5, 0.6) is 0 Å². The molecule has 2 heterocycles. The lowest BCUT2D eigenvalue weighted by molar-refractivity contribution is 0.227. The fourth-order valence-electron chi connectivity index (χ4n) is 3.62. The van der Waals surface area contributed by atoms with Gasteiger partial charge in [0.2, 0.25) is 0 Å². The zero-order valence-electron chi connectivity index (χ0n) is 11.7. The maximum absolute atomic E-state index is 12.9. The first-order chi connectivity index (χ1) is 10.00. The molecule has 1 aromatic heterocycles. The summed E-state index contributed by atoms with van der Waals surface area (Å²) in [6.45, 7) is 0.649. The van der Waals surface area contributed by atoms with Gasteiger partial charge in [-0.25, -0.2) is 8.42 Å². The summed E-state index contributed by atoms with van der Waals surface area (Å²) in [6.07, 6.45) is 8.10. The molecule has 0 radical (unpaired) electrons. The SMILES string of the molecule is O=S(=O)(c1cc(Cl)c(Br)s1)N1CCCC1C1CCCCC1. The van der Waals surface area contributed by atoms with E-state index in [9.17, 15) is 8.42 Å². The molecule has 0 aromatic carbocycles. The fraction of sp³-hybridized carbons (Fsp3) is 0.714. The molecule has 7 heteroatoms. The molecule has 1 saturated carbocycles. The van der Waals surface area contributed by atoms with E-state index in [1.807, 2.05) is 0 Å². The van der Waals surface area contributed by atoms with Gasteiger partial charge < -0.3 is 0 Å². The molecule has 0 N–H and O–H groups in total. The quantitative estimate of drug-likeness (QED) is 0.708. The van der Waals surface area contributed by atoms with Crippen LogP contribution in [0.15, 0.2) is 14.1 Å². The highest BCUT2D eigenvalue weighted by Crippen LogP contribution is 2.40. The van der Waals surface area contributed by atoms with Gasteiger partial charge in [-0.2, -0.15) is 4.31 Å². The Morgan fingerprint density at radius 3 is 2.52 bits per heavy atom. The molecule has 0 spiro atoms. The minimum absolute atomic E-state index is 0.190. The molecule has 1 saturated heterocycles. The molecular weight excluding hydrogens is 394 g/mol. The van der Waals surface area contributed by atoms with Crippen molar-refractivity contribution in [3.63, 3.8) is 0 Å². The fourth-order valence-corrected chi connectivity index (χ4v) is 7.91. The number of hydrogen-bond acceptors (Lipinski definition) is 3. The normalized spacial score (nSPS) is 25.5. The third kappa shape index (κ3) is 3.20. The van der Waals surface area contributed by atoms with Gasteiger partial charge in [0.25, 0.3) is 10.0 Å². The standard InChI is InChI=1S/C14H19BrClNO2S2/c15-14-11(16)9-13(20-14)21(18,19)17-8-4-7-12(17)10-5-2-1-3-6-10/h9-10,12H,1-8H2. The first-order valence-electron chi connectivity index (χ1n) is 7.47.